The van der Waals surface area contributed by atoms with Gasteiger partial charge in [-0.15, -0.1) is 0 Å². The Morgan fingerprint density at radius 3 is 2.50 bits per heavy atom. The third-order valence-corrected chi connectivity index (χ3v) is 4.52. The van der Waals surface area contributed by atoms with Gasteiger partial charge in [0, 0.05) is 29.8 Å². The number of aryl methyl sites for hydroxylation is 1. The van der Waals surface area contributed by atoms with E-state index in [0.29, 0.717) is 12.1 Å². The monoisotopic (exact) mass is 317 g/mol. The van der Waals surface area contributed by atoms with E-state index in [2.05, 4.69) is 6.92 Å². The summed E-state index contributed by atoms with van der Waals surface area (Å²) >= 11 is 0. The molecule has 112 valence electrons. The zero-order valence-corrected chi connectivity index (χ0v) is 13.6. The quantitative estimate of drug-likeness (QED) is 0.598. The number of carbonyl (C=O) groups excluding carboxylic acids is 1. The lowest BCUT2D eigenvalue weighted by atomic mass is 10.1. The summed E-state index contributed by atoms with van der Waals surface area (Å²) in [6, 6.07) is 4.35. The maximum Gasteiger partial charge on any atom is 0.261 e. The van der Waals surface area contributed by atoms with E-state index in [1.54, 1.807) is 24.9 Å². The zero-order valence-electron chi connectivity index (χ0n) is 12.0. The van der Waals surface area contributed by atoms with E-state index >= 15 is 0 Å². The molecule has 0 aliphatic rings. The first-order valence-electron chi connectivity index (χ1n) is 6.58. The van der Waals surface area contributed by atoms with E-state index in [9.17, 15) is 13.2 Å². The number of rotatable bonds is 6. The first-order valence-corrected chi connectivity index (χ1v) is 8.89. The zero-order chi connectivity index (χ0) is 15.3. The van der Waals surface area contributed by atoms with Crippen molar-refractivity contribution >= 4 is 25.6 Å². The van der Waals surface area contributed by atoms with Gasteiger partial charge >= 0.3 is 0 Å². The number of unbranched alkanes of at least 4 members (excludes halogenated alkanes) is 2. The Balaban J connectivity index is 2.97. The second kappa shape index (κ2) is 7.09. The van der Waals surface area contributed by atoms with Crippen LogP contribution in [0.4, 0.5) is 0 Å². The van der Waals surface area contributed by atoms with Gasteiger partial charge in [-0.05, 0) is 31.0 Å². The maximum absolute atomic E-state index is 12.3. The van der Waals surface area contributed by atoms with Gasteiger partial charge in [-0.3, -0.25) is 4.79 Å². The molecule has 6 heteroatoms. The Kier molecular flexibility index (Phi) is 6.02. The summed E-state index contributed by atoms with van der Waals surface area (Å²) in [5.74, 6) is -0.180. The topological polar surface area (TPSA) is 54.5 Å². The fourth-order valence-electron chi connectivity index (χ4n) is 1.89. The van der Waals surface area contributed by atoms with Gasteiger partial charge in [-0.2, -0.15) is 0 Å². The second-order valence-corrected chi connectivity index (χ2v) is 7.41. The summed E-state index contributed by atoms with van der Waals surface area (Å²) in [6.45, 7) is 4.53. The molecular weight excluding hydrogens is 298 g/mol. The van der Waals surface area contributed by atoms with Crippen LogP contribution in [0.25, 0.3) is 0 Å². The molecular formula is C14H20ClNO3S. The van der Waals surface area contributed by atoms with Crippen molar-refractivity contribution in [1.29, 1.82) is 0 Å². The third-order valence-electron chi connectivity index (χ3n) is 3.16. The van der Waals surface area contributed by atoms with E-state index in [1.165, 1.54) is 12.1 Å². The predicted molar refractivity (Wildman–Crippen MR) is 80.7 cm³/mol. The molecule has 0 aliphatic heterocycles. The highest BCUT2D eigenvalue weighted by Crippen LogP contribution is 2.20. The predicted octanol–water partition coefficient (Wildman–Crippen LogP) is 3.18. The average Bonchev–Trinajstić information content (AvgIpc) is 2.37. The number of halogens is 1. The van der Waals surface area contributed by atoms with Crippen molar-refractivity contribution in [2.75, 3.05) is 13.6 Å². The summed E-state index contributed by atoms with van der Waals surface area (Å²) in [6.07, 6.45) is 3.08. The van der Waals surface area contributed by atoms with Crippen molar-refractivity contribution in [3.8, 4) is 0 Å². The number of nitrogens with zero attached hydrogens (tertiary/aromatic N) is 1. The summed E-state index contributed by atoms with van der Waals surface area (Å²) in [4.78, 5) is 13.9. The van der Waals surface area contributed by atoms with Crippen LogP contribution in [0.15, 0.2) is 23.1 Å². The van der Waals surface area contributed by atoms with E-state index < -0.39 is 9.05 Å². The van der Waals surface area contributed by atoms with Gasteiger partial charge in [-0.1, -0.05) is 25.8 Å². The summed E-state index contributed by atoms with van der Waals surface area (Å²) in [5.41, 5.74) is 1.12. The van der Waals surface area contributed by atoms with Crippen LogP contribution in [-0.4, -0.2) is 32.8 Å². The van der Waals surface area contributed by atoms with Crippen LogP contribution < -0.4 is 0 Å². The highest BCUT2D eigenvalue weighted by Gasteiger charge is 2.18. The van der Waals surface area contributed by atoms with Crippen LogP contribution >= 0.6 is 10.7 Å². The first-order chi connectivity index (χ1) is 9.27. The molecule has 0 fully saturated rings. The molecule has 0 aromatic heterocycles. The van der Waals surface area contributed by atoms with E-state index in [-0.39, 0.29) is 10.8 Å². The van der Waals surface area contributed by atoms with Crippen molar-refractivity contribution in [2.24, 2.45) is 0 Å². The molecule has 0 spiro atoms. The molecule has 20 heavy (non-hydrogen) atoms. The van der Waals surface area contributed by atoms with Crippen LogP contribution in [0, 0.1) is 6.92 Å². The molecule has 0 saturated heterocycles. The molecule has 0 bridgehead atoms. The number of amides is 1. The smallest absolute Gasteiger partial charge is 0.261 e. The molecule has 0 atom stereocenters. The van der Waals surface area contributed by atoms with Crippen molar-refractivity contribution < 1.29 is 13.2 Å². The molecule has 0 saturated carbocycles. The van der Waals surface area contributed by atoms with Gasteiger partial charge in [0.25, 0.3) is 15.0 Å². The Labute approximate surface area is 125 Å². The fraction of sp³-hybridized carbons (Fsp3) is 0.500. The Bertz CT molecular complexity index is 584. The number of benzene rings is 1. The van der Waals surface area contributed by atoms with E-state index in [0.717, 1.165) is 24.8 Å². The van der Waals surface area contributed by atoms with Crippen molar-refractivity contribution in [2.45, 2.75) is 38.0 Å². The van der Waals surface area contributed by atoms with Crippen LogP contribution in [0.3, 0.4) is 0 Å². The van der Waals surface area contributed by atoms with E-state index in [1.807, 2.05) is 0 Å². The molecule has 0 unspecified atom stereocenters. The lowest BCUT2D eigenvalue weighted by Gasteiger charge is -2.18. The van der Waals surface area contributed by atoms with Crippen molar-refractivity contribution in [1.82, 2.24) is 4.90 Å². The van der Waals surface area contributed by atoms with Gasteiger partial charge in [0.2, 0.25) is 0 Å². The minimum absolute atomic E-state index is 0.0462. The van der Waals surface area contributed by atoms with Gasteiger partial charge in [0.05, 0.1) is 4.90 Å². The summed E-state index contributed by atoms with van der Waals surface area (Å²) in [5, 5.41) is 0. The minimum atomic E-state index is -3.82. The lowest BCUT2D eigenvalue weighted by Crippen LogP contribution is -2.28. The molecule has 0 heterocycles. The van der Waals surface area contributed by atoms with Crippen molar-refractivity contribution in [3.63, 3.8) is 0 Å². The maximum atomic E-state index is 12.3. The minimum Gasteiger partial charge on any atom is -0.342 e. The molecule has 0 N–H and O–H groups in total. The van der Waals surface area contributed by atoms with Crippen LogP contribution in [-0.2, 0) is 9.05 Å². The van der Waals surface area contributed by atoms with Gasteiger partial charge in [0.1, 0.15) is 0 Å². The average molecular weight is 318 g/mol. The third kappa shape index (κ3) is 4.49. The van der Waals surface area contributed by atoms with Gasteiger partial charge < -0.3 is 4.90 Å². The van der Waals surface area contributed by atoms with Crippen molar-refractivity contribution in [3.05, 3.63) is 29.3 Å². The van der Waals surface area contributed by atoms with Gasteiger partial charge in [-0.25, -0.2) is 8.42 Å². The first kappa shape index (κ1) is 17.0. The fourth-order valence-corrected chi connectivity index (χ4v) is 2.67. The van der Waals surface area contributed by atoms with Crippen LogP contribution in [0.5, 0.6) is 0 Å². The molecule has 4 nitrogen and oxygen atoms in total. The highest BCUT2D eigenvalue weighted by molar-refractivity contribution is 8.13. The Morgan fingerprint density at radius 2 is 1.95 bits per heavy atom. The SMILES string of the molecule is CCCCCN(C)C(=O)c1cc(S(=O)(=O)Cl)ccc1C. The van der Waals surface area contributed by atoms with Crippen LogP contribution in [0.2, 0.25) is 0 Å². The molecule has 0 aliphatic carbocycles. The van der Waals surface area contributed by atoms with Crippen LogP contribution in [0.1, 0.15) is 42.1 Å². The molecule has 1 aromatic carbocycles. The number of carbonyl (C=O) groups is 1. The number of hydrogen-bond acceptors (Lipinski definition) is 3. The Morgan fingerprint density at radius 1 is 1.30 bits per heavy atom. The van der Waals surface area contributed by atoms with E-state index in [4.69, 9.17) is 10.7 Å². The highest BCUT2D eigenvalue weighted by atomic mass is 35.7. The number of hydrogen-bond donors (Lipinski definition) is 0. The standard InChI is InChI=1S/C14H20ClNO3S/c1-4-5-6-9-16(3)14(17)13-10-12(20(15,18)19)8-7-11(13)2/h7-8,10H,4-6,9H2,1-3H3. The lowest BCUT2D eigenvalue weighted by molar-refractivity contribution is 0.0791. The molecule has 1 aromatic rings. The molecule has 1 rings (SSSR count). The molecule has 1 amide bonds. The second-order valence-electron chi connectivity index (χ2n) is 4.85. The normalized spacial score (nSPS) is 11.4. The Hall–Kier alpha value is -1.07. The van der Waals surface area contributed by atoms with Gasteiger partial charge in [0.15, 0.2) is 0 Å². The largest absolute Gasteiger partial charge is 0.342 e. The summed E-state index contributed by atoms with van der Waals surface area (Å²) < 4.78 is 22.7. The molecule has 0 radical (unpaired) electrons. The summed E-state index contributed by atoms with van der Waals surface area (Å²) in [7, 11) is 3.22.